The van der Waals surface area contributed by atoms with E-state index in [0.29, 0.717) is 5.82 Å². The van der Waals surface area contributed by atoms with Crippen LogP contribution in [0.15, 0.2) is 24.7 Å². The summed E-state index contributed by atoms with van der Waals surface area (Å²) in [5.41, 5.74) is 5.35. The molecular formula is C11H14N6O. The van der Waals surface area contributed by atoms with Crippen molar-refractivity contribution in [3.63, 3.8) is 0 Å². The summed E-state index contributed by atoms with van der Waals surface area (Å²) in [4.78, 5) is 19.1. The van der Waals surface area contributed by atoms with Crippen molar-refractivity contribution in [1.82, 2.24) is 19.7 Å². The van der Waals surface area contributed by atoms with Gasteiger partial charge in [0, 0.05) is 18.8 Å². The Labute approximate surface area is 104 Å². The van der Waals surface area contributed by atoms with Crippen LogP contribution in [-0.4, -0.2) is 32.2 Å². The van der Waals surface area contributed by atoms with E-state index < -0.39 is 5.91 Å². The lowest BCUT2D eigenvalue weighted by atomic mass is 10.4. The maximum atomic E-state index is 11.0. The fourth-order valence-corrected chi connectivity index (χ4v) is 1.41. The quantitative estimate of drug-likeness (QED) is 0.804. The standard InChI is InChI=1S/C11H14N6O/c1-2-4-13-9-6-10(15-7-14-9)17-5-3-8(16-17)11(12)18/h3,5-7H,2,4H2,1H3,(H2,12,18)(H,13,14,15). The topological polar surface area (TPSA) is 98.7 Å². The molecule has 0 aliphatic rings. The first-order chi connectivity index (χ1) is 8.70. The molecule has 7 heteroatoms. The average molecular weight is 246 g/mol. The maximum absolute atomic E-state index is 11.0. The molecule has 0 saturated heterocycles. The van der Waals surface area contributed by atoms with E-state index in [2.05, 4.69) is 27.3 Å². The summed E-state index contributed by atoms with van der Waals surface area (Å²) in [6.07, 6.45) is 4.08. The number of carbonyl (C=O) groups is 1. The first-order valence-electron chi connectivity index (χ1n) is 5.62. The highest BCUT2D eigenvalue weighted by Gasteiger charge is 2.07. The number of hydrogen-bond donors (Lipinski definition) is 2. The third-order valence-electron chi connectivity index (χ3n) is 2.29. The van der Waals surface area contributed by atoms with E-state index in [1.54, 1.807) is 18.3 Å². The summed E-state index contributed by atoms with van der Waals surface area (Å²) in [7, 11) is 0. The van der Waals surface area contributed by atoms with E-state index in [1.807, 2.05) is 0 Å². The largest absolute Gasteiger partial charge is 0.370 e. The Morgan fingerprint density at radius 3 is 3.00 bits per heavy atom. The Bertz CT molecular complexity index is 550. The molecule has 0 unspecified atom stereocenters. The molecular weight excluding hydrogens is 232 g/mol. The van der Waals surface area contributed by atoms with Crippen molar-refractivity contribution >= 4 is 11.7 Å². The van der Waals surface area contributed by atoms with Crippen LogP contribution in [0.25, 0.3) is 5.82 Å². The minimum atomic E-state index is -0.563. The van der Waals surface area contributed by atoms with E-state index in [4.69, 9.17) is 5.73 Å². The van der Waals surface area contributed by atoms with E-state index >= 15 is 0 Å². The molecule has 18 heavy (non-hydrogen) atoms. The fourth-order valence-electron chi connectivity index (χ4n) is 1.41. The molecule has 0 radical (unpaired) electrons. The third kappa shape index (κ3) is 2.62. The molecule has 0 aliphatic carbocycles. The number of amides is 1. The predicted octanol–water partition coefficient (Wildman–Crippen LogP) is 0.583. The molecule has 0 aliphatic heterocycles. The fraction of sp³-hybridized carbons (Fsp3) is 0.273. The monoisotopic (exact) mass is 246 g/mol. The summed E-state index contributed by atoms with van der Waals surface area (Å²) in [5.74, 6) is 0.737. The van der Waals surface area contributed by atoms with E-state index in [0.717, 1.165) is 18.8 Å². The average Bonchev–Trinajstić information content (AvgIpc) is 2.86. The number of nitrogens with two attached hydrogens (primary N) is 1. The number of anilines is 1. The molecule has 94 valence electrons. The molecule has 0 spiro atoms. The molecule has 0 fully saturated rings. The second-order valence-electron chi connectivity index (χ2n) is 3.70. The van der Waals surface area contributed by atoms with Gasteiger partial charge in [-0.1, -0.05) is 6.92 Å². The highest BCUT2D eigenvalue weighted by atomic mass is 16.1. The van der Waals surface area contributed by atoms with E-state index in [9.17, 15) is 4.79 Å². The van der Waals surface area contributed by atoms with Crippen LogP contribution in [0.4, 0.5) is 5.82 Å². The van der Waals surface area contributed by atoms with Crippen molar-refractivity contribution in [3.05, 3.63) is 30.4 Å². The summed E-state index contributed by atoms with van der Waals surface area (Å²) in [6, 6.07) is 3.30. The van der Waals surface area contributed by atoms with Crippen LogP contribution < -0.4 is 11.1 Å². The van der Waals surface area contributed by atoms with Crippen LogP contribution in [0.5, 0.6) is 0 Å². The highest BCUT2D eigenvalue weighted by Crippen LogP contribution is 2.08. The van der Waals surface area contributed by atoms with Gasteiger partial charge in [-0.3, -0.25) is 4.79 Å². The SMILES string of the molecule is CCCNc1cc(-n2ccc(C(N)=O)n2)ncn1. The number of carbonyl (C=O) groups excluding carboxylic acids is 1. The van der Waals surface area contributed by atoms with Gasteiger partial charge < -0.3 is 11.1 Å². The van der Waals surface area contributed by atoms with Gasteiger partial charge in [0.15, 0.2) is 5.82 Å². The van der Waals surface area contributed by atoms with Gasteiger partial charge in [-0.25, -0.2) is 14.6 Å². The lowest BCUT2D eigenvalue weighted by Crippen LogP contribution is -2.12. The smallest absolute Gasteiger partial charge is 0.269 e. The first-order valence-corrected chi connectivity index (χ1v) is 5.62. The van der Waals surface area contributed by atoms with Crippen molar-refractivity contribution in [2.45, 2.75) is 13.3 Å². The van der Waals surface area contributed by atoms with Gasteiger partial charge >= 0.3 is 0 Å². The van der Waals surface area contributed by atoms with Gasteiger partial charge in [-0.05, 0) is 12.5 Å². The van der Waals surface area contributed by atoms with Crippen molar-refractivity contribution in [3.8, 4) is 5.82 Å². The number of primary amides is 1. The molecule has 0 saturated carbocycles. The Hall–Kier alpha value is -2.44. The Balaban J connectivity index is 2.23. The molecule has 1 amide bonds. The summed E-state index contributed by atoms with van der Waals surface area (Å²) >= 11 is 0. The molecule has 0 bridgehead atoms. The van der Waals surface area contributed by atoms with E-state index in [1.165, 1.54) is 11.0 Å². The summed E-state index contributed by atoms with van der Waals surface area (Å²) < 4.78 is 1.49. The van der Waals surface area contributed by atoms with Crippen LogP contribution in [0, 0.1) is 0 Å². The number of aromatic nitrogens is 4. The lowest BCUT2D eigenvalue weighted by molar-refractivity contribution is 0.0995. The van der Waals surface area contributed by atoms with Gasteiger partial charge in [0.1, 0.15) is 17.8 Å². The number of rotatable bonds is 5. The molecule has 2 aromatic rings. The van der Waals surface area contributed by atoms with Crippen LogP contribution >= 0.6 is 0 Å². The van der Waals surface area contributed by atoms with Gasteiger partial charge in [0.05, 0.1) is 0 Å². The van der Waals surface area contributed by atoms with Crippen LogP contribution in [0.1, 0.15) is 23.8 Å². The minimum absolute atomic E-state index is 0.205. The number of nitrogens with one attached hydrogen (secondary N) is 1. The zero-order valence-electron chi connectivity index (χ0n) is 10.00. The molecule has 7 nitrogen and oxygen atoms in total. The zero-order chi connectivity index (χ0) is 13.0. The number of hydrogen-bond acceptors (Lipinski definition) is 5. The van der Waals surface area contributed by atoms with Gasteiger partial charge in [0.25, 0.3) is 5.91 Å². The van der Waals surface area contributed by atoms with Crippen LogP contribution in [0.3, 0.4) is 0 Å². The van der Waals surface area contributed by atoms with E-state index in [-0.39, 0.29) is 5.69 Å². The first kappa shape index (κ1) is 12.0. The predicted molar refractivity (Wildman–Crippen MR) is 66.5 cm³/mol. The maximum Gasteiger partial charge on any atom is 0.269 e. The van der Waals surface area contributed by atoms with Gasteiger partial charge in [-0.2, -0.15) is 5.10 Å². The molecule has 3 N–H and O–H groups in total. The van der Waals surface area contributed by atoms with Gasteiger partial charge in [-0.15, -0.1) is 0 Å². The van der Waals surface area contributed by atoms with Gasteiger partial charge in [0.2, 0.25) is 0 Å². The van der Waals surface area contributed by atoms with Crippen molar-refractivity contribution in [1.29, 1.82) is 0 Å². The molecule has 0 atom stereocenters. The normalized spacial score (nSPS) is 10.3. The number of nitrogens with zero attached hydrogens (tertiary/aromatic N) is 4. The molecule has 2 rings (SSSR count). The van der Waals surface area contributed by atoms with Crippen molar-refractivity contribution < 1.29 is 4.79 Å². The van der Waals surface area contributed by atoms with Crippen molar-refractivity contribution in [2.24, 2.45) is 5.73 Å². The Kier molecular flexibility index (Phi) is 3.52. The van der Waals surface area contributed by atoms with Crippen LogP contribution in [-0.2, 0) is 0 Å². The minimum Gasteiger partial charge on any atom is -0.370 e. The third-order valence-corrected chi connectivity index (χ3v) is 2.29. The zero-order valence-corrected chi connectivity index (χ0v) is 10.00. The Morgan fingerprint density at radius 2 is 2.33 bits per heavy atom. The molecule has 2 heterocycles. The summed E-state index contributed by atoms with van der Waals surface area (Å²) in [5, 5.41) is 7.18. The second kappa shape index (κ2) is 5.26. The highest BCUT2D eigenvalue weighted by molar-refractivity contribution is 5.90. The van der Waals surface area contributed by atoms with Crippen molar-refractivity contribution in [2.75, 3.05) is 11.9 Å². The van der Waals surface area contributed by atoms with Crippen LogP contribution in [0.2, 0.25) is 0 Å². The molecule has 2 aromatic heterocycles. The summed E-state index contributed by atoms with van der Waals surface area (Å²) in [6.45, 7) is 2.91. The Morgan fingerprint density at radius 1 is 1.50 bits per heavy atom. The molecule has 0 aromatic carbocycles. The lowest BCUT2D eigenvalue weighted by Gasteiger charge is -2.05. The second-order valence-corrected chi connectivity index (χ2v) is 3.70.